The van der Waals surface area contributed by atoms with E-state index in [9.17, 15) is 9.18 Å². The first-order chi connectivity index (χ1) is 18.3. The van der Waals surface area contributed by atoms with Crippen molar-refractivity contribution in [3.8, 4) is 17.2 Å². The molecule has 0 bridgehead atoms. The predicted octanol–water partition coefficient (Wildman–Crippen LogP) is 5.24. The van der Waals surface area contributed by atoms with Gasteiger partial charge in [-0.05, 0) is 54.1 Å². The van der Waals surface area contributed by atoms with Crippen LogP contribution in [0.3, 0.4) is 0 Å². The van der Waals surface area contributed by atoms with Crippen molar-refractivity contribution >= 4 is 22.6 Å². The van der Waals surface area contributed by atoms with Crippen LogP contribution in [0.5, 0.6) is 17.2 Å². The quantitative estimate of drug-likeness (QED) is 0.287. The monoisotopic (exact) mass is 517 g/mol. The Labute approximate surface area is 222 Å². The maximum Gasteiger partial charge on any atom is 0.227 e. The minimum Gasteiger partial charge on any atom is -0.497 e. The molecule has 198 valence electrons. The molecular weight excluding hydrogens is 485 g/mol. The van der Waals surface area contributed by atoms with Gasteiger partial charge in [-0.3, -0.25) is 4.79 Å². The number of rotatable bonds is 10. The third-order valence-electron chi connectivity index (χ3n) is 6.34. The van der Waals surface area contributed by atoms with Crippen LogP contribution in [0.15, 0.2) is 66.7 Å². The minimum absolute atomic E-state index is 0.0868. The number of methoxy groups -OCH3 is 3. The van der Waals surface area contributed by atoms with E-state index < -0.39 is 0 Å². The van der Waals surface area contributed by atoms with Crippen molar-refractivity contribution in [3.63, 3.8) is 0 Å². The van der Waals surface area contributed by atoms with Gasteiger partial charge in [0.25, 0.3) is 0 Å². The summed E-state index contributed by atoms with van der Waals surface area (Å²) in [6.45, 7) is 0.689. The van der Waals surface area contributed by atoms with Gasteiger partial charge in [0.2, 0.25) is 5.91 Å². The number of pyridine rings is 1. The molecule has 0 spiro atoms. The lowest BCUT2D eigenvalue weighted by Gasteiger charge is -2.26. The fourth-order valence-corrected chi connectivity index (χ4v) is 4.36. The van der Waals surface area contributed by atoms with Gasteiger partial charge in [0.05, 0.1) is 33.3 Å². The number of carbonyl (C=O) groups excluding carboxylic acids is 1. The SMILES string of the molecule is COc1ccc(CN(Cc2cc3ccc(F)cc3nc2N(C)C)C(=O)Cc2cc(OC)ccc2OC)cc1. The Bertz CT molecular complexity index is 1420. The molecule has 4 rings (SSSR count). The zero-order valence-electron chi connectivity index (χ0n) is 22.3. The van der Waals surface area contributed by atoms with Crippen LogP contribution in [0.1, 0.15) is 16.7 Å². The summed E-state index contributed by atoms with van der Waals surface area (Å²) < 4.78 is 30.0. The van der Waals surface area contributed by atoms with E-state index in [0.29, 0.717) is 35.9 Å². The summed E-state index contributed by atoms with van der Waals surface area (Å²) in [6, 6.07) is 19.6. The van der Waals surface area contributed by atoms with E-state index in [2.05, 4.69) is 0 Å². The van der Waals surface area contributed by atoms with Gasteiger partial charge in [-0.1, -0.05) is 12.1 Å². The molecule has 0 aliphatic carbocycles. The molecule has 7 nitrogen and oxygen atoms in total. The molecule has 0 unspecified atom stereocenters. The van der Waals surface area contributed by atoms with Crippen LogP contribution >= 0.6 is 0 Å². The first-order valence-electron chi connectivity index (χ1n) is 12.2. The normalized spacial score (nSPS) is 10.8. The molecule has 1 heterocycles. The lowest BCUT2D eigenvalue weighted by atomic mass is 10.1. The van der Waals surface area contributed by atoms with Crippen LogP contribution in [0.2, 0.25) is 0 Å². The average molecular weight is 518 g/mol. The van der Waals surface area contributed by atoms with Crippen LogP contribution in [0.4, 0.5) is 10.2 Å². The van der Waals surface area contributed by atoms with E-state index >= 15 is 0 Å². The van der Waals surface area contributed by atoms with Crippen molar-refractivity contribution in [2.75, 3.05) is 40.3 Å². The highest BCUT2D eigenvalue weighted by Gasteiger charge is 2.21. The number of fused-ring (bicyclic) bond motifs is 1. The zero-order valence-corrected chi connectivity index (χ0v) is 22.3. The summed E-state index contributed by atoms with van der Waals surface area (Å²) in [5, 5.41) is 0.804. The van der Waals surface area contributed by atoms with Crippen molar-refractivity contribution in [2.24, 2.45) is 0 Å². The van der Waals surface area contributed by atoms with E-state index in [-0.39, 0.29) is 18.1 Å². The van der Waals surface area contributed by atoms with Gasteiger partial charge in [0, 0.05) is 49.8 Å². The van der Waals surface area contributed by atoms with Crippen molar-refractivity contribution in [1.29, 1.82) is 0 Å². The van der Waals surface area contributed by atoms with Gasteiger partial charge in [-0.2, -0.15) is 0 Å². The molecule has 0 atom stereocenters. The van der Waals surface area contributed by atoms with Gasteiger partial charge in [-0.15, -0.1) is 0 Å². The molecule has 0 saturated carbocycles. The Hall–Kier alpha value is -4.33. The van der Waals surface area contributed by atoms with Crippen LogP contribution in [-0.2, 0) is 24.3 Å². The minimum atomic E-state index is -0.342. The average Bonchev–Trinajstić information content (AvgIpc) is 2.92. The molecule has 0 N–H and O–H groups in total. The van der Waals surface area contributed by atoms with Crippen molar-refractivity contribution in [3.05, 3.63) is 89.2 Å². The van der Waals surface area contributed by atoms with Crippen LogP contribution < -0.4 is 19.1 Å². The zero-order chi connectivity index (χ0) is 27.2. The van der Waals surface area contributed by atoms with Crippen LogP contribution in [0.25, 0.3) is 10.9 Å². The number of benzene rings is 3. The van der Waals surface area contributed by atoms with E-state index in [0.717, 1.165) is 27.8 Å². The molecule has 0 aliphatic rings. The van der Waals surface area contributed by atoms with Crippen molar-refractivity contribution in [2.45, 2.75) is 19.5 Å². The third kappa shape index (κ3) is 6.14. The standard InChI is InChI=1S/C30H32FN3O4/c1-33(2)30-23(14-21-8-9-24(31)17-27(21)32-30)19-34(18-20-6-10-25(36-3)11-7-20)29(35)16-22-15-26(37-4)12-13-28(22)38-5/h6-15,17H,16,18-19H2,1-5H3. The summed E-state index contributed by atoms with van der Waals surface area (Å²) in [7, 11) is 8.55. The molecule has 0 fully saturated rings. The van der Waals surface area contributed by atoms with Gasteiger partial charge in [0.1, 0.15) is 28.9 Å². The van der Waals surface area contributed by atoms with Crippen LogP contribution in [0, 0.1) is 5.82 Å². The number of nitrogens with zero attached hydrogens (tertiary/aromatic N) is 3. The van der Waals surface area contributed by atoms with E-state index in [1.165, 1.54) is 12.1 Å². The molecule has 3 aromatic carbocycles. The highest BCUT2D eigenvalue weighted by Crippen LogP contribution is 2.28. The highest BCUT2D eigenvalue weighted by atomic mass is 19.1. The number of hydrogen-bond donors (Lipinski definition) is 0. The lowest BCUT2D eigenvalue weighted by Crippen LogP contribution is -2.32. The Morgan fingerprint density at radius 3 is 2.18 bits per heavy atom. The Morgan fingerprint density at radius 1 is 0.816 bits per heavy atom. The second-order valence-corrected chi connectivity index (χ2v) is 9.15. The maximum atomic E-state index is 13.9. The Morgan fingerprint density at radius 2 is 1.53 bits per heavy atom. The van der Waals surface area contributed by atoms with Crippen LogP contribution in [-0.4, -0.2) is 51.2 Å². The molecule has 0 saturated heterocycles. The molecule has 0 radical (unpaired) electrons. The molecule has 1 amide bonds. The number of anilines is 1. The number of aromatic nitrogens is 1. The molecule has 1 aromatic heterocycles. The summed E-state index contributed by atoms with van der Waals surface area (Å²) in [5.41, 5.74) is 3.11. The first-order valence-corrected chi connectivity index (χ1v) is 12.2. The smallest absolute Gasteiger partial charge is 0.227 e. The molecule has 0 aliphatic heterocycles. The lowest BCUT2D eigenvalue weighted by molar-refractivity contribution is -0.131. The van der Waals surface area contributed by atoms with Gasteiger partial charge >= 0.3 is 0 Å². The van der Waals surface area contributed by atoms with E-state index in [4.69, 9.17) is 19.2 Å². The highest BCUT2D eigenvalue weighted by molar-refractivity contribution is 5.83. The number of ether oxygens (including phenoxy) is 3. The molecule has 8 heteroatoms. The van der Waals surface area contributed by atoms with E-state index in [1.807, 2.05) is 55.4 Å². The van der Waals surface area contributed by atoms with Crippen molar-refractivity contribution in [1.82, 2.24) is 9.88 Å². The summed E-state index contributed by atoms with van der Waals surface area (Å²) in [4.78, 5) is 22.2. The van der Waals surface area contributed by atoms with Gasteiger partial charge < -0.3 is 24.0 Å². The first kappa shape index (κ1) is 26.7. The second kappa shape index (κ2) is 11.8. The maximum absolute atomic E-state index is 13.9. The van der Waals surface area contributed by atoms with E-state index in [1.54, 1.807) is 44.4 Å². The summed E-state index contributed by atoms with van der Waals surface area (Å²) >= 11 is 0. The summed E-state index contributed by atoms with van der Waals surface area (Å²) in [6.07, 6.45) is 0.125. The number of hydrogen-bond acceptors (Lipinski definition) is 6. The third-order valence-corrected chi connectivity index (χ3v) is 6.34. The molecule has 38 heavy (non-hydrogen) atoms. The predicted molar refractivity (Wildman–Crippen MR) is 147 cm³/mol. The number of carbonyl (C=O) groups is 1. The Balaban J connectivity index is 1.72. The second-order valence-electron chi connectivity index (χ2n) is 9.15. The number of amides is 1. The van der Waals surface area contributed by atoms with Gasteiger partial charge in [-0.25, -0.2) is 9.37 Å². The Kier molecular flexibility index (Phi) is 8.31. The summed E-state index contributed by atoms with van der Waals surface area (Å²) in [5.74, 6) is 2.26. The topological polar surface area (TPSA) is 64.1 Å². The fraction of sp³-hybridized carbons (Fsp3) is 0.267. The molecule has 4 aromatic rings. The largest absolute Gasteiger partial charge is 0.497 e. The molecular formula is C30H32FN3O4. The van der Waals surface area contributed by atoms with Crippen molar-refractivity contribution < 1.29 is 23.4 Å². The fourth-order valence-electron chi connectivity index (χ4n) is 4.36. The number of halogens is 1. The van der Waals surface area contributed by atoms with Gasteiger partial charge in [0.15, 0.2) is 0 Å².